The first-order valence-corrected chi connectivity index (χ1v) is 5.53. The van der Waals surface area contributed by atoms with Crippen molar-refractivity contribution in [3.8, 4) is 0 Å². The lowest BCUT2D eigenvalue weighted by Crippen LogP contribution is -2.45. The number of amides is 1. The lowest BCUT2D eigenvalue weighted by Gasteiger charge is -2.31. The SMILES string of the molecule is CN(C(=O)CS(N)(=O)=O)C(C)(C)C. The van der Waals surface area contributed by atoms with Gasteiger partial charge in [-0.05, 0) is 20.8 Å². The number of primary sulfonamides is 1. The lowest BCUT2D eigenvalue weighted by molar-refractivity contribution is -0.131. The Hall–Kier alpha value is -0.620. The van der Waals surface area contributed by atoms with Crippen molar-refractivity contribution in [2.24, 2.45) is 5.14 Å². The van der Waals surface area contributed by atoms with Gasteiger partial charge >= 0.3 is 0 Å². The lowest BCUT2D eigenvalue weighted by atomic mass is 10.1. The second kappa shape index (κ2) is 3.63. The van der Waals surface area contributed by atoms with Gasteiger partial charge in [-0.2, -0.15) is 0 Å². The topological polar surface area (TPSA) is 80.5 Å². The summed E-state index contributed by atoms with van der Waals surface area (Å²) < 4.78 is 21.2. The van der Waals surface area contributed by atoms with Gasteiger partial charge in [-0.15, -0.1) is 0 Å². The van der Waals surface area contributed by atoms with E-state index in [1.54, 1.807) is 7.05 Å². The Morgan fingerprint density at radius 1 is 1.38 bits per heavy atom. The van der Waals surface area contributed by atoms with E-state index in [0.29, 0.717) is 0 Å². The number of carbonyl (C=O) groups is 1. The van der Waals surface area contributed by atoms with Crippen molar-refractivity contribution in [1.82, 2.24) is 4.90 Å². The molecule has 5 nitrogen and oxygen atoms in total. The molecule has 0 unspecified atom stereocenters. The highest BCUT2D eigenvalue weighted by Gasteiger charge is 2.24. The van der Waals surface area contributed by atoms with Crippen molar-refractivity contribution in [1.29, 1.82) is 0 Å². The summed E-state index contributed by atoms with van der Waals surface area (Å²) in [5.41, 5.74) is -0.387. The van der Waals surface area contributed by atoms with Gasteiger partial charge in [-0.25, -0.2) is 13.6 Å². The maximum Gasteiger partial charge on any atom is 0.239 e. The number of carbonyl (C=O) groups excluding carboxylic acids is 1. The predicted octanol–water partition coefficient (Wildman–Crippen LogP) is -0.468. The summed E-state index contributed by atoms with van der Waals surface area (Å²) in [5.74, 6) is -1.13. The van der Waals surface area contributed by atoms with Crippen LogP contribution in [0.1, 0.15) is 20.8 Å². The van der Waals surface area contributed by atoms with E-state index in [1.807, 2.05) is 20.8 Å². The second-order valence-corrected chi connectivity index (χ2v) is 5.55. The van der Waals surface area contributed by atoms with Gasteiger partial charge in [0.05, 0.1) is 0 Å². The molecule has 0 radical (unpaired) electrons. The number of nitrogens with two attached hydrogens (primary N) is 1. The largest absolute Gasteiger partial charge is 0.340 e. The first-order valence-electron chi connectivity index (χ1n) is 3.81. The molecule has 0 saturated carbocycles. The van der Waals surface area contributed by atoms with Crippen LogP contribution in [0, 0.1) is 0 Å². The third kappa shape index (κ3) is 4.84. The van der Waals surface area contributed by atoms with Crippen molar-refractivity contribution in [3.63, 3.8) is 0 Å². The standard InChI is InChI=1S/C7H16N2O3S/c1-7(2,3)9(4)6(10)5-13(8,11)12/h5H2,1-4H3,(H2,8,11,12). The van der Waals surface area contributed by atoms with Gasteiger partial charge in [0, 0.05) is 12.6 Å². The summed E-state index contributed by atoms with van der Waals surface area (Å²) in [6.07, 6.45) is 0. The van der Waals surface area contributed by atoms with E-state index in [2.05, 4.69) is 0 Å². The Morgan fingerprint density at radius 2 is 1.77 bits per heavy atom. The van der Waals surface area contributed by atoms with E-state index < -0.39 is 21.7 Å². The van der Waals surface area contributed by atoms with Crippen molar-refractivity contribution in [2.75, 3.05) is 12.8 Å². The summed E-state index contributed by atoms with van der Waals surface area (Å²) in [4.78, 5) is 12.6. The van der Waals surface area contributed by atoms with Gasteiger partial charge in [0.15, 0.2) is 0 Å². The Balaban J connectivity index is 4.48. The van der Waals surface area contributed by atoms with Crippen molar-refractivity contribution in [3.05, 3.63) is 0 Å². The average Bonchev–Trinajstić information content (AvgIpc) is 1.79. The van der Waals surface area contributed by atoms with Crippen molar-refractivity contribution < 1.29 is 13.2 Å². The molecular formula is C7H16N2O3S. The molecule has 0 aliphatic heterocycles. The van der Waals surface area contributed by atoms with Crippen LogP contribution >= 0.6 is 0 Å². The van der Waals surface area contributed by atoms with E-state index in [-0.39, 0.29) is 5.54 Å². The molecule has 0 rings (SSSR count). The predicted molar refractivity (Wildman–Crippen MR) is 50.5 cm³/mol. The maximum atomic E-state index is 11.3. The number of rotatable bonds is 2. The van der Waals surface area contributed by atoms with E-state index in [4.69, 9.17) is 5.14 Å². The number of hydrogen-bond acceptors (Lipinski definition) is 3. The van der Waals surface area contributed by atoms with Crippen LogP contribution in [0.25, 0.3) is 0 Å². The first kappa shape index (κ1) is 12.4. The minimum atomic E-state index is -3.72. The quantitative estimate of drug-likeness (QED) is 0.666. The van der Waals surface area contributed by atoms with Gasteiger partial charge < -0.3 is 4.90 Å². The van der Waals surface area contributed by atoms with Gasteiger partial charge in [0.2, 0.25) is 15.9 Å². The summed E-state index contributed by atoms with van der Waals surface area (Å²) in [6, 6.07) is 0. The normalized spacial score (nSPS) is 12.7. The molecule has 0 aliphatic carbocycles. The van der Waals surface area contributed by atoms with Crippen LogP contribution in [0.2, 0.25) is 0 Å². The molecule has 0 aromatic heterocycles. The zero-order valence-corrected chi connectivity index (χ0v) is 9.18. The minimum Gasteiger partial charge on any atom is -0.340 e. The van der Waals surface area contributed by atoms with E-state index >= 15 is 0 Å². The first-order chi connectivity index (χ1) is 5.54. The smallest absolute Gasteiger partial charge is 0.239 e. The second-order valence-electron chi connectivity index (χ2n) is 3.93. The van der Waals surface area contributed by atoms with E-state index in [1.165, 1.54) is 4.90 Å². The third-order valence-electron chi connectivity index (χ3n) is 1.70. The molecule has 0 saturated heterocycles. The van der Waals surface area contributed by atoms with Crippen molar-refractivity contribution in [2.45, 2.75) is 26.3 Å². The molecule has 0 atom stereocenters. The van der Waals surface area contributed by atoms with Crippen LogP contribution in [-0.4, -0.2) is 37.6 Å². The number of sulfonamides is 1. The highest BCUT2D eigenvalue weighted by atomic mass is 32.2. The molecule has 0 aromatic carbocycles. The van der Waals surface area contributed by atoms with E-state index in [0.717, 1.165) is 0 Å². The van der Waals surface area contributed by atoms with Crippen LogP contribution in [0.4, 0.5) is 0 Å². The molecule has 0 heterocycles. The fourth-order valence-corrected chi connectivity index (χ4v) is 1.18. The van der Waals surface area contributed by atoms with Crippen LogP contribution < -0.4 is 5.14 Å². The highest BCUT2D eigenvalue weighted by molar-refractivity contribution is 7.89. The molecule has 6 heteroatoms. The summed E-state index contributed by atoms with van der Waals surface area (Å²) in [5, 5.41) is 4.74. The molecule has 1 amide bonds. The van der Waals surface area contributed by atoms with E-state index in [9.17, 15) is 13.2 Å². The Bertz CT molecular complexity index is 289. The molecule has 0 aromatic rings. The zero-order valence-electron chi connectivity index (χ0n) is 8.36. The Labute approximate surface area is 79.0 Å². The molecule has 13 heavy (non-hydrogen) atoms. The number of nitrogens with zero attached hydrogens (tertiary/aromatic N) is 1. The monoisotopic (exact) mass is 208 g/mol. The average molecular weight is 208 g/mol. The zero-order chi connectivity index (χ0) is 10.9. The molecule has 0 fully saturated rings. The molecule has 0 bridgehead atoms. The minimum absolute atomic E-state index is 0.387. The Kier molecular flexibility index (Phi) is 3.46. The molecular weight excluding hydrogens is 192 g/mol. The summed E-state index contributed by atoms with van der Waals surface area (Å²) in [7, 11) is -2.17. The van der Waals surface area contributed by atoms with Crippen molar-refractivity contribution >= 4 is 15.9 Å². The molecule has 78 valence electrons. The van der Waals surface area contributed by atoms with Crippen LogP contribution in [-0.2, 0) is 14.8 Å². The van der Waals surface area contributed by atoms with Crippen LogP contribution in [0.5, 0.6) is 0 Å². The summed E-state index contributed by atoms with van der Waals surface area (Å²) in [6.45, 7) is 5.44. The van der Waals surface area contributed by atoms with Gasteiger partial charge in [0.1, 0.15) is 5.75 Å². The fraction of sp³-hybridized carbons (Fsp3) is 0.857. The van der Waals surface area contributed by atoms with Gasteiger partial charge in [0.25, 0.3) is 0 Å². The molecule has 0 spiro atoms. The molecule has 2 N–H and O–H groups in total. The fourth-order valence-electron chi connectivity index (χ4n) is 0.643. The van der Waals surface area contributed by atoms with Crippen LogP contribution in [0.15, 0.2) is 0 Å². The Morgan fingerprint density at radius 3 is 2.00 bits per heavy atom. The highest BCUT2D eigenvalue weighted by Crippen LogP contribution is 2.10. The summed E-state index contributed by atoms with van der Waals surface area (Å²) >= 11 is 0. The maximum absolute atomic E-state index is 11.3. The van der Waals surface area contributed by atoms with Gasteiger partial charge in [-0.3, -0.25) is 4.79 Å². The number of hydrogen-bond donors (Lipinski definition) is 1. The third-order valence-corrected chi connectivity index (χ3v) is 2.35. The van der Waals surface area contributed by atoms with Crippen LogP contribution in [0.3, 0.4) is 0 Å². The molecule has 0 aliphatic rings. The van der Waals surface area contributed by atoms with Gasteiger partial charge in [-0.1, -0.05) is 0 Å².